The number of halogens is 4. The fraction of sp³-hybridized carbons (Fsp3) is 0.500. The van der Waals surface area contributed by atoms with E-state index in [0.29, 0.717) is 0 Å². The van der Waals surface area contributed by atoms with Gasteiger partial charge in [0.1, 0.15) is 11.8 Å². The minimum atomic E-state index is -4.81. The number of nitrogens with one attached hydrogen (secondary N) is 3. The molecule has 3 N–H and O–H groups in total. The summed E-state index contributed by atoms with van der Waals surface area (Å²) < 4.78 is 73.0. The molecule has 12 nitrogen and oxygen atoms in total. The van der Waals surface area contributed by atoms with E-state index in [4.69, 9.17) is 14.2 Å². The summed E-state index contributed by atoms with van der Waals surface area (Å²) in [6.07, 6.45) is -8.06. The van der Waals surface area contributed by atoms with E-state index in [9.17, 15) is 22.4 Å². The fourth-order valence-electron chi connectivity index (χ4n) is 3.44. The zero-order valence-electron chi connectivity index (χ0n) is 19.3. The van der Waals surface area contributed by atoms with Crippen LogP contribution in [0.3, 0.4) is 0 Å². The third-order valence-electron chi connectivity index (χ3n) is 4.97. The Kier molecular flexibility index (Phi) is 7.16. The summed E-state index contributed by atoms with van der Waals surface area (Å²) in [5.41, 5.74) is 0.508. The maximum Gasteiger partial charge on any atom is 0.522 e. The molecule has 3 aromatic rings. The van der Waals surface area contributed by atoms with Gasteiger partial charge in [-0.1, -0.05) is 0 Å². The van der Waals surface area contributed by atoms with Gasteiger partial charge in [0, 0.05) is 24.4 Å². The van der Waals surface area contributed by atoms with Crippen molar-refractivity contribution in [1.82, 2.24) is 29.9 Å². The zero-order valence-corrected chi connectivity index (χ0v) is 19.3. The lowest BCUT2D eigenvalue weighted by Crippen LogP contribution is -2.36. The van der Waals surface area contributed by atoms with Gasteiger partial charge < -0.3 is 24.8 Å². The molecule has 1 amide bonds. The van der Waals surface area contributed by atoms with Crippen molar-refractivity contribution >= 4 is 23.5 Å². The van der Waals surface area contributed by atoms with Crippen LogP contribution in [0.15, 0.2) is 18.3 Å². The Labute approximate surface area is 201 Å². The third kappa shape index (κ3) is 5.93. The van der Waals surface area contributed by atoms with Crippen LogP contribution < -0.4 is 15.4 Å². The molecule has 0 spiro atoms. The number of hydrogen-bond acceptors (Lipinski definition) is 9. The van der Waals surface area contributed by atoms with Gasteiger partial charge in [0.15, 0.2) is 18.1 Å². The highest BCUT2D eigenvalue weighted by Gasteiger charge is 2.42. The molecule has 0 saturated carbocycles. The number of ether oxygens (including phenoxy) is 4. The number of rotatable bonds is 8. The number of amides is 1. The molecule has 0 bridgehead atoms. The Morgan fingerprint density at radius 1 is 1.33 bits per heavy atom. The lowest BCUT2D eigenvalue weighted by molar-refractivity contribution is -0.330. The molecule has 4 heterocycles. The van der Waals surface area contributed by atoms with Gasteiger partial charge in [-0.3, -0.25) is 14.2 Å². The maximum absolute atomic E-state index is 14.9. The summed E-state index contributed by atoms with van der Waals surface area (Å²) in [7, 11) is 1.37. The first-order chi connectivity index (χ1) is 17.0. The molecule has 4 rings (SSSR count). The second-order valence-electron chi connectivity index (χ2n) is 8.09. The predicted molar refractivity (Wildman–Crippen MR) is 114 cm³/mol. The first-order valence-corrected chi connectivity index (χ1v) is 10.7. The molecule has 1 aliphatic rings. The molecule has 0 aliphatic carbocycles. The van der Waals surface area contributed by atoms with Crippen LogP contribution in [-0.2, 0) is 20.8 Å². The summed E-state index contributed by atoms with van der Waals surface area (Å²) in [5.74, 6) is 0.452. The number of aromatic nitrogens is 5. The molecule has 1 aliphatic heterocycles. The topological polar surface area (TPSA) is 137 Å². The average Bonchev–Trinajstić information content (AvgIpc) is 3.50. The molecule has 196 valence electrons. The standard InChI is InChI=1S/C20H23F4N7O5/c1-9(2)25-19(32)36-12-8-34-17(16(12)21)11-4-13(30-29-11)27-18-28-15(33-3)5-14-26-10(6-31(14)18)7-35-20(22,23)24/h4-6,9,12,16-17H,7-8H2,1-3H3,(H,25,32)(H2,27,28,29,30)/t12-,16+,17-/m0/s1. The number of carbonyl (C=O) groups excluding carboxylic acids is 1. The van der Waals surface area contributed by atoms with E-state index in [1.165, 1.54) is 29.8 Å². The van der Waals surface area contributed by atoms with Crippen molar-refractivity contribution in [2.75, 3.05) is 19.0 Å². The van der Waals surface area contributed by atoms with Crippen molar-refractivity contribution in [1.29, 1.82) is 0 Å². The highest BCUT2D eigenvalue weighted by molar-refractivity contribution is 5.67. The second kappa shape index (κ2) is 10.1. The Hall–Kier alpha value is -3.66. The van der Waals surface area contributed by atoms with Gasteiger partial charge in [0.25, 0.3) is 0 Å². The maximum atomic E-state index is 14.9. The van der Waals surface area contributed by atoms with E-state index in [0.717, 1.165) is 0 Å². The Morgan fingerprint density at radius 2 is 2.11 bits per heavy atom. The molecule has 3 atom stereocenters. The average molecular weight is 517 g/mol. The molecule has 36 heavy (non-hydrogen) atoms. The number of H-pyrrole nitrogens is 1. The van der Waals surface area contributed by atoms with Crippen LogP contribution in [0.25, 0.3) is 5.65 Å². The number of fused-ring (bicyclic) bond motifs is 1. The Morgan fingerprint density at radius 3 is 2.81 bits per heavy atom. The summed E-state index contributed by atoms with van der Waals surface area (Å²) in [6.45, 7) is 2.55. The quantitative estimate of drug-likeness (QED) is 0.385. The Bertz CT molecular complexity index is 1210. The number of hydrogen-bond donors (Lipinski definition) is 3. The number of alkyl carbamates (subject to hydrolysis) is 1. The molecule has 3 aromatic heterocycles. The molecule has 0 radical (unpaired) electrons. The monoisotopic (exact) mass is 517 g/mol. The number of anilines is 2. The predicted octanol–water partition coefficient (Wildman–Crippen LogP) is 3.15. The van der Waals surface area contributed by atoms with Gasteiger partial charge in [-0.15, -0.1) is 13.2 Å². The molecule has 1 saturated heterocycles. The first kappa shape index (κ1) is 25.4. The van der Waals surface area contributed by atoms with Crippen molar-refractivity contribution in [3.05, 3.63) is 29.7 Å². The van der Waals surface area contributed by atoms with E-state index >= 15 is 0 Å². The molecule has 1 fully saturated rings. The van der Waals surface area contributed by atoms with E-state index in [1.807, 2.05) is 0 Å². The first-order valence-electron chi connectivity index (χ1n) is 10.7. The van der Waals surface area contributed by atoms with Crippen molar-refractivity contribution in [2.45, 2.75) is 51.2 Å². The van der Waals surface area contributed by atoms with Crippen molar-refractivity contribution < 1.29 is 41.3 Å². The van der Waals surface area contributed by atoms with Crippen LogP contribution in [0.4, 0.5) is 34.1 Å². The van der Waals surface area contributed by atoms with Crippen LogP contribution in [-0.4, -0.2) is 69.1 Å². The summed E-state index contributed by atoms with van der Waals surface area (Å²) >= 11 is 0. The number of carbonyl (C=O) groups is 1. The van der Waals surface area contributed by atoms with Crippen LogP contribution in [0, 0.1) is 0 Å². The van der Waals surface area contributed by atoms with Crippen LogP contribution >= 0.6 is 0 Å². The number of aromatic amines is 1. The molecule has 0 unspecified atom stereocenters. The summed E-state index contributed by atoms with van der Waals surface area (Å²) in [6, 6.07) is 2.72. The summed E-state index contributed by atoms with van der Waals surface area (Å²) in [4.78, 5) is 20.1. The van der Waals surface area contributed by atoms with Gasteiger partial charge >= 0.3 is 12.5 Å². The Balaban J connectivity index is 1.49. The number of imidazole rings is 1. The van der Waals surface area contributed by atoms with Gasteiger partial charge in [-0.2, -0.15) is 10.1 Å². The van der Waals surface area contributed by atoms with Crippen LogP contribution in [0.5, 0.6) is 5.88 Å². The largest absolute Gasteiger partial charge is 0.522 e. The highest BCUT2D eigenvalue weighted by Crippen LogP contribution is 2.34. The lowest BCUT2D eigenvalue weighted by atomic mass is 10.1. The fourth-order valence-corrected chi connectivity index (χ4v) is 3.44. The van der Waals surface area contributed by atoms with E-state index in [2.05, 4.69) is 35.5 Å². The second-order valence-corrected chi connectivity index (χ2v) is 8.09. The molecular weight excluding hydrogens is 494 g/mol. The van der Waals surface area contributed by atoms with Gasteiger partial charge in [0.05, 0.1) is 31.7 Å². The van der Waals surface area contributed by atoms with E-state index < -0.39 is 37.4 Å². The summed E-state index contributed by atoms with van der Waals surface area (Å²) in [5, 5.41) is 12.1. The minimum Gasteiger partial charge on any atom is -0.481 e. The molecule has 0 aromatic carbocycles. The molecule has 16 heteroatoms. The van der Waals surface area contributed by atoms with Crippen molar-refractivity contribution in [3.63, 3.8) is 0 Å². The van der Waals surface area contributed by atoms with E-state index in [-0.39, 0.29) is 47.3 Å². The van der Waals surface area contributed by atoms with Crippen molar-refractivity contribution in [2.24, 2.45) is 0 Å². The van der Waals surface area contributed by atoms with E-state index in [1.54, 1.807) is 13.8 Å². The van der Waals surface area contributed by atoms with Gasteiger partial charge in [-0.05, 0) is 13.8 Å². The number of alkyl halides is 4. The van der Waals surface area contributed by atoms with Crippen molar-refractivity contribution in [3.8, 4) is 5.88 Å². The number of methoxy groups -OCH3 is 1. The van der Waals surface area contributed by atoms with Gasteiger partial charge in [-0.25, -0.2) is 14.2 Å². The van der Waals surface area contributed by atoms with Crippen LogP contribution in [0.1, 0.15) is 31.3 Å². The van der Waals surface area contributed by atoms with Crippen LogP contribution in [0.2, 0.25) is 0 Å². The zero-order chi connectivity index (χ0) is 26.0. The SMILES string of the molecule is COc1cc2nc(COC(F)(F)F)cn2c(Nc2cc([C@@H]3OC[C@H](OC(=O)NC(C)C)[C@H]3F)[nH]n2)n1. The normalized spacial score (nSPS) is 20.2. The smallest absolute Gasteiger partial charge is 0.481 e. The highest BCUT2D eigenvalue weighted by atomic mass is 19.4. The molecular formula is C20H23F4N7O5. The number of nitrogens with zero attached hydrogens (tertiary/aromatic N) is 4. The minimum absolute atomic E-state index is 0.000294. The lowest BCUT2D eigenvalue weighted by Gasteiger charge is -2.16. The third-order valence-corrected chi connectivity index (χ3v) is 4.97. The van der Waals surface area contributed by atoms with Gasteiger partial charge in [0.2, 0.25) is 11.8 Å².